The summed E-state index contributed by atoms with van der Waals surface area (Å²) in [4.78, 5) is 13.4. The summed E-state index contributed by atoms with van der Waals surface area (Å²) >= 11 is 1.95. The number of hydrazone groups is 1. The first-order valence-corrected chi connectivity index (χ1v) is 10.7. The lowest BCUT2D eigenvalue weighted by atomic mass is 9.78. The monoisotopic (exact) mass is 392 g/mol. The second-order valence-corrected chi connectivity index (χ2v) is 10.5. The highest BCUT2D eigenvalue weighted by Crippen LogP contribution is 2.39. The van der Waals surface area contributed by atoms with Gasteiger partial charge >= 0.3 is 0 Å². The van der Waals surface area contributed by atoms with Crippen LogP contribution in [-0.4, -0.2) is 48.4 Å². The van der Waals surface area contributed by atoms with Crippen LogP contribution in [0.15, 0.2) is 17.2 Å². The van der Waals surface area contributed by atoms with E-state index >= 15 is 0 Å². The van der Waals surface area contributed by atoms with Gasteiger partial charge in [0.05, 0.1) is 19.3 Å². The number of thioether (sulfide) groups is 1. The largest absolute Gasteiger partial charge is 0.507 e. The number of phenols is 1. The van der Waals surface area contributed by atoms with E-state index in [1.54, 1.807) is 6.21 Å². The molecule has 6 heteroatoms. The lowest BCUT2D eigenvalue weighted by molar-refractivity contribution is -0.888. The molecule has 27 heavy (non-hydrogen) atoms. The smallest absolute Gasteiger partial charge is 0.295 e. The van der Waals surface area contributed by atoms with Crippen LogP contribution in [0, 0.1) is 0 Å². The molecule has 0 aromatic heterocycles. The van der Waals surface area contributed by atoms with Crippen molar-refractivity contribution in [2.75, 3.05) is 31.1 Å². The molecule has 0 bridgehead atoms. The Bertz CT molecular complexity index is 661. The first-order chi connectivity index (χ1) is 12.5. The fraction of sp³-hybridized carbons (Fsp3) is 0.619. The number of nitrogens with one attached hydrogen (secondary N) is 2. The molecule has 3 N–H and O–H groups in total. The lowest BCUT2D eigenvalue weighted by Crippen LogP contribution is -3.14. The van der Waals surface area contributed by atoms with E-state index in [0.29, 0.717) is 12.3 Å². The van der Waals surface area contributed by atoms with Crippen LogP contribution in [0.5, 0.6) is 5.75 Å². The number of hydrogen-bond acceptors (Lipinski definition) is 4. The predicted molar refractivity (Wildman–Crippen MR) is 114 cm³/mol. The molecular weight excluding hydrogens is 358 g/mol. The quantitative estimate of drug-likeness (QED) is 0.543. The highest BCUT2D eigenvalue weighted by Gasteiger charge is 2.26. The Morgan fingerprint density at radius 1 is 1.15 bits per heavy atom. The van der Waals surface area contributed by atoms with Crippen molar-refractivity contribution in [1.82, 2.24) is 5.43 Å². The maximum absolute atomic E-state index is 12.1. The minimum Gasteiger partial charge on any atom is -0.507 e. The van der Waals surface area contributed by atoms with Gasteiger partial charge in [-0.05, 0) is 28.5 Å². The molecule has 1 fully saturated rings. The van der Waals surface area contributed by atoms with Crippen molar-refractivity contribution < 1.29 is 14.8 Å². The van der Waals surface area contributed by atoms with Crippen molar-refractivity contribution in [3.63, 3.8) is 0 Å². The van der Waals surface area contributed by atoms with Gasteiger partial charge in [-0.3, -0.25) is 4.79 Å². The molecule has 1 aromatic rings. The summed E-state index contributed by atoms with van der Waals surface area (Å²) in [6.07, 6.45) is 1.67. The number of benzene rings is 1. The third-order valence-electron chi connectivity index (χ3n) is 4.76. The Balaban J connectivity index is 2.15. The first-order valence-electron chi connectivity index (χ1n) is 9.59. The minimum absolute atomic E-state index is 0.0565. The van der Waals surface area contributed by atoms with E-state index in [2.05, 4.69) is 52.1 Å². The van der Waals surface area contributed by atoms with Crippen molar-refractivity contribution in [3.8, 4) is 5.75 Å². The van der Waals surface area contributed by atoms with Crippen LogP contribution in [0.4, 0.5) is 0 Å². The van der Waals surface area contributed by atoms with Gasteiger partial charge in [0.15, 0.2) is 6.54 Å². The fourth-order valence-corrected chi connectivity index (χ4v) is 4.23. The second-order valence-electron chi connectivity index (χ2n) is 9.30. The lowest BCUT2D eigenvalue weighted by Gasteiger charge is -2.27. The zero-order valence-corrected chi connectivity index (χ0v) is 18.3. The maximum Gasteiger partial charge on any atom is 0.295 e. The number of aromatic hydroxyl groups is 1. The van der Waals surface area contributed by atoms with Crippen molar-refractivity contribution in [2.45, 2.75) is 52.4 Å². The van der Waals surface area contributed by atoms with Gasteiger partial charge in [-0.1, -0.05) is 41.5 Å². The van der Waals surface area contributed by atoms with E-state index in [1.807, 2.05) is 23.9 Å². The van der Waals surface area contributed by atoms with E-state index < -0.39 is 0 Å². The predicted octanol–water partition coefficient (Wildman–Crippen LogP) is 2.07. The summed E-state index contributed by atoms with van der Waals surface area (Å²) < 4.78 is 0. The summed E-state index contributed by atoms with van der Waals surface area (Å²) in [5.41, 5.74) is 4.93. The summed E-state index contributed by atoms with van der Waals surface area (Å²) in [5.74, 6) is 2.52. The topological polar surface area (TPSA) is 66.1 Å². The number of carbonyl (C=O) groups excluding carboxylic acids is 1. The molecule has 0 unspecified atom stereocenters. The number of quaternary nitrogens is 1. The molecule has 150 valence electrons. The number of rotatable bonds is 4. The molecule has 1 aliphatic heterocycles. The molecule has 2 rings (SSSR count). The third-order valence-corrected chi connectivity index (χ3v) is 5.75. The zero-order chi connectivity index (χ0) is 20.2. The molecule has 0 radical (unpaired) electrons. The molecule has 1 aromatic carbocycles. The SMILES string of the molecule is CC(C)(C)c1cc(/C=N/NC(=O)C[NH+]2CCSCC2)cc(C(C)(C)C)c1O. The average Bonchev–Trinajstić information content (AvgIpc) is 2.55. The number of amides is 1. The van der Waals surface area contributed by atoms with Crippen molar-refractivity contribution in [3.05, 3.63) is 28.8 Å². The van der Waals surface area contributed by atoms with Gasteiger partial charge in [0.2, 0.25) is 0 Å². The van der Waals surface area contributed by atoms with Crippen molar-refractivity contribution in [1.29, 1.82) is 0 Å². The highest BCUT2D eigenvalue weighted by molar-refractivity contribution is 7.99. The van der Waals surface area contributed by atoms with Crippen LogP contribution in [-0.2, 0) is 15.6 Å². The Kier molecular flexibility index (Phi) is 6.98. The molecule has 0 spiro atoms. The normalized spacial score (nSPS) is 16.7. The minimum atomic E-state index is -0.188. The van der Waals surface area contributed by atoms with Gasteiger partial charge in [0, 0.05) is 22.6 Å². The number of nitrogens with zero attached hydrogens (tertiary/aromatic N) is 1. The van der Waals surface area contributed by atoms with Gasteiger partial charge in [-0.15, -0.1) is 0 Å². The number of hydrogen-bond donors (Lipinski definition) is 3. The van der Waals surface area contributed by atoms with Crippen LogP contribution < -0.4 is 10.3 Å². The summed E-state index contributed by atoms with van der Waals surface area (Å²) in [5, 5.41) is 14.9. The van der Waals surface area contributed by atoms with Gasteiger partial charge in [0.25, 0.3) is 5.91 Å². The van der Waals surface area contributed by atoms with Crippen LogP contribution in [0.25, 0.3) is 0 Å². The Hall–Kier alpha value is -1.53. The molecular formula is C21H34N3O2S+. The molecule has 5 nitrogen and oxygen atoms in total. The zero-order valence-electron chi connectivity index (χ0n) is 17.5. The average molecular weight is 393 g/mol. The van der Waals surface area contributed by atoms with Gasteiger partial charge in [-0.2, -0.15) is 16.9 Å². The van der Waals surface area contributed by atoms with Crippen molar-refractivity contribution in [2.24, 2.45) is 5.10 Å². The molecule has 1 aliphatic rings. The molecule has 0 saturated carbocycles. The van der Waals surface area contributed by atoms with Crippen LogP contribution in [0.1, 0.15) is 58.2 Å². The van der Waals surface area contributed by atoms with Crippen molar-refractivity contribution >= 4 is 23.9 Å². The molecule has 1 heterocycles. The summed E-state index contributed by atoms with van der Waals surface area (Å²) in [6.45, 7) is 15.0. The number of carbonyl (C=O) groups is 1. The Morgan fingerprint density at radius 2 is 1.67 bits per heavy atom. The second kappa shape index (κ2) is 8.65. The maximum atomic E-state index is 12.1. The van der Waals surface area contributed by atoms with Gasteiger partial charge in [-0.25, -0.2) is 5.43 Å². The van der Waals surface area contributed by atoms with E-state index in [0.717, 1.165) is 41.3 Å². The van der Waals surface area contributed by atoms with Crippen LogP contribution in [0.3, 0.4) is 0 Å². The fourth-order valence-electron chi connectivity index (χ4n) is 3.16. The third kappa shape index (κ3) is 6.25. The first kappa shape index (κ1) is 21.8. The summed E-state index contributed by atoms with van der Waals surface area (Å²) in [7, 11) is 0. The number of phenolic OH excluding ortho intramolecular Hbond substituents is 1. The van der Waals surface area contributed by atoms with E-state index in [9.17, 15) is 9.90 Å². The molecule has 1 saturated heterocycles. The van der Waals surface area contributed by atoms with E-state index in [1.165, 1.54) is 4.90 Å². The van der Waals surface area contributed by atoms with Gasteiger partial charge < -0.3 is 10.0 Å². The van der Waals surface area contributed by atoms with E-state index in [4.69, 9.17) is 0 Å². The molecule has 0 aliphatic carbocycles. The highest BCUT2D eigenvalue weighted by atomic mass is 32.2. The van der Waals surface area contributed by atoms with Gasteiger partial charge in [0.1, 0.15) is 5.75 Å². The standard InChI is InChI=1S/C21H33N3O2S/c1-20(2,3)16-11-15(12-17(19(16)26)21(4,5)6)13-22-23-18(25)14-24-7-9-27-10-8-24/h11-13,26H,7-10,14H2,1-6H3,(H,23,25)/p+1/b22-13+. The Labute approximate surface area is 167 Å². The molecule has 1 amide bonds. The summed E-state index contributed by atoms with van der Waals surface area (Å²) in [6, 6.07) is 3.90. The molecule has 0 atom stereocenters. The van der Waals surface area contributed by atoms with E-state index in [-0.39, 0.29) is 16.7 Å². The Morgan fingerprint density at radius 3 is 2.15 bits per heavy atom. The van der Waals surface area contributed by atoms with Crippen LogP contribution >= 0.6 is 11.8 Å². The van der Waals surface area contributed by atoms with Crippen LogP contribution in [0.2, 0.25) is 0 Å².